The Morgan fingerprint density at radius 1 is 1.10 bits per heavy atom. The minimum absolute atomic E-state index is 0.0516. The van der Waals surface area contributed by atoms with E-state index in [1.807, 2.05) is 37.3 Å². The van der Waals surface area contributed by atoms with Crippen molar-refractivity contribution in [2.24, 2.45) is 5.92 Å². The number of anilines is 1. The molecule has 2 atom stereocenters. The van der Waals surface area contributed by atoms with Crippen LogP contribution in [0.25, 0.3) is 0 Å². The van der Waals surface area contributed by atoms with E-state index in [0.29, 0.717) is 5.56 Å². The zero-order chi connectivity index (χ0) is 22.6. The molecule has 3 amide bonds. The quantitative estimate of drug-likeness (QED) is 0.733. The summed E-state index contributed by atoms with van der Waals surface area (Å²) in [6, 6.07) is 15.5. The number of para-hydroxylation sites is 1. The number of halogens is 3. The lowest BCUT2D eigenvalue weighted by molar-refractivity contribution is -0.173. The number of benzene rings is 2. The third-order valence-electron chi connectivity index (χ3n) is 5.25. The molecule has 1 saturated heterocycles. The van der Waals surface area contributed by atoms with Gasteiger partial charge < -0.3 is 15.5 Å². The van der Waals surface area contributed by atoms with Crippen LogP contribution in [0.15, 0.2) is 54.6 Å². The smallest absolute Gasteiger partial charge is 0.344 e. The third-order valence-corrected chi connectivity index (χ3v) is 5.25. The molecule has 9 heteroatoms. The van der Waals surface area contributed by atoms with Crippen LogP contribution in [-0.2, 0) is 20.9 Å². The Hall–Kier alpha value is -3.36. The lowest BCUT2D eigenvalue weighted by atomic mass is 10.1. The molecule has 3 rings (SSSR count). The summed E-state index contributed by atoms with van der Waals surface area (Å²) < 4.78 is 37.2. The van der Waals surface area contributed by atoms with E-state index in [1.165, 1.54) is 12.1 Å². The number of nitrogens with one attached hydrogen (secondary N) is 2. The topological polar surface area (TPSA) is 78.5 Å². The second-order valence-corrected chi connectivity index (χ2v) is 7.36. The van der Waals surface area contributed by atoms with Crippen LogP contribution in [0.2, 0.25) is 0 Å². The molecule has 2 N–H and O–H groups in total. The van der Waals surface area contributed by atoms with Gasteiger partial charge in [-0.15, -0.1) is 0 Å². The van der Waals surface area contributed by atoms with Gasteiger partial charge in [0.25, 0.3) is 0 Å². The Morgan fingerprint density at radius 3 is 2.42 bits per heavy atom. The van der Waals surface area contributed by atoms with E-state index in [9.17, 15) is 27.6 Å². The van der Waals surface area contributed by atoms with Crippen molar-refractivity contribution in [1.82, 2.24) is 10.2 Å². The molecule has 2 unspecified atom stereocenters. The molecule has 6 nitrogen and oxygen atoms in total. The van der Waals surface area contributed by atoms with Crippen LogP contribution >= 0.6 is 0 Å². The Bertz CT molecular complexity index is 963. The van der Waals surface area contributed by atoms with Crippen LogP contribution < -0.4 is 10.6 Å². The number of alkyl halides is 3. The Labute approximate surface area is 177 Å². The van der Waals surface area contributed by atoms with Gasteiger partial charge in [0.1, 0.15) is 0 Å². The molecule has 1 aliphatic heterocycles. The molecule has 1 heterocycles. The third kappa shape index (κ3) is 5.42. The highest BCUT2D eigenvalue weighted by Gasteiger charge is 2.39. The van der Waals surface area contributed by atoms with Crippen molar-refractivity contribution in [2.75, 3.05) is 11.9 Å². The van der Waals surface area contributed by atoms with Crippen LogP contribution in [-0.4, -0.2) is 35.3 Å². The number of carbonyl (C=O) groups excluding carboxylic acids is 3. The van der Waals surface area contributed by atoms with E-state index < -0.39 is 30.5 Å². The van der Waals surface area contributed by atoms with Gasteiger partial charge in [0.05, 0.1) is 12.0 Å². The molecule has 0 spiro atoms. The number of carbonyl (C=O) groups is 3. The van der Waals surface area contributed by atoms with Gasteiger partial charge in [-0.3, -0.25) is 14.4 Å². The lowest BCUT2D eigenvalue weighted by Gasteiger charge is -2.25. The summed E-state index contributed by atoms with van der Waals surface area (Å²) in [7, 11) is 0. The maximum atomic E-state index is 12.8. The molecular formula is C22H22F3N3O3. The fourth-order valence-electron chi connectivity index (χ4n) is 3.50. The average molecular weight is 433 g/mol. The number of rotatable bonds is 6. The van der Waals surface area contributed by atoms with Crippen LogP contribution in [0.4, 0.5) is 18.9 Å². The molecular weight excluding hydrogens is 411 g/mol. The molecule has 0 radical (unpaired) electrons. The average Bonchev–Trinajstić information content (AvgIpc) is 3.14. The summed E-state index contributed by atoms with van der Waals surface area (Å²) in [5.41, 5.74) is 1.58. The van der Waals surface area contributed by atoms with Gasteiger partial charge in [0.2, 0.25) is 11.8 Å². The van der Waals surface area contributed by atoms with Gasteiger partial charge in [0, 0.05) is 25.2 Å². The summed E-state index contributed by atoms with van der Waals surface area (Å²) >= 11 is 0. The van der Waals surface area contributed by atoms with E-state index in [-0.39, 0.29) is 30.6 Å². The van der Waals surface area contributed by atoms with Crippen molar-refractivity contribution in [1.29, 1.82) is 0 Å². The largest absolute Gasteiger partial charge is 0.471 e. The normalized spacial score (nSPS) is 17.4. The summed E-state index contributed by atoms with van der Waals surface area (Å²) in [6.07, 6.45) is -4.93. The molecule has 0 aromatic heterocycles. The van der Waals surface area contributed by atoms with E-state index >= 15 is 0 Å². The predicted octanol–water partition coefficient (Wildman–Crippen LogP) is 3.41. The van der Waals surface area contributed by atoms with Crippen molar-refractivity contribution < 1.29 is 27.6 Å². The number of likely N-dealkylation sites (tertiary alicyclic amines) is 1. The Kier molecular flexibility index (Phi) is 6.62. The maximum Gasteiger partial charge on any atom is 0.471 e. The fourth-order valence-corrected chi connectivity index (χ4v) is 3.50. The first-order chi connectivity index (χ1) is 14.7. The van der Waals surface area contributed by atoms with Crippen LogP contribution in [0, 0.1) is 5.92 Å². The number of hydrogen-bond acceptors (Lipinski definition) is 3. The van der Waals surface area contributed by atoms with Gasteiger partial charge in [-0.1, -0.05) is 48.5 Å². The lowest BCUT2D eigenvalue weighted by Crippen LogP contribution is -2.36. The Morgan fingerprint density at radius 2 is 1.74 bits per heavy atom. The van der Waals surface area contributed by atoms with Crippen molar-refractivity contribution in [3.8, 4) is 0 Å². The van der Waals surface area contributed by atoms with Crippen LogP contribution in [0.3, 0.4) is 0 Å². The summed E-state index contributed by atoms with van der Waals surface area (Å²) in [5.74, 6) is -3.18. The standard InChI is InChI=1S/C22H22F3N3O3/c1-14(15-7-3-2-4-8-15)28-13-17(11-19(28)29)20(30)27-18-10-6-5-9-16(18)12-26-21(31)22(23,24)25/h2-10,14,17H,11-13H2,1H3,(H,26,31)(H,27,30). The molecule has 0 saturated carbocycles. The molecule has 0 bridgehead atoms. The first kappa shape index (κ1) is 22.3. The SMILES string of the molecule is CC(c1ccccc1)N1CC(C(=O)Nc2ccccc2CNC(=O)C(F)(F)F)CC1=O. The molecule has 1 aliphatic rings. The zero-order valence-corrected chi connectivity index (χ0v) is 16.8. The highest BCUT2D eigenvalue weighted by atomic mass is 19.4. The van der Waals surface area contributed by atoms with E-state index in [0.717, 1.165) is 5.56 Å². The second kappa shape index (κ2) is 9.20. The fraction of sp³-hybridized carbons (Fsp3) is 0.318. The predicted molar refractivity (Wildman–Crippen MR) is 108 cm³/mol. The highest BCUT2D eigenvalue weighted by Crippen LogP contribution is 2.29. The van der Waals surface area contributed by atoms with Crippen molar-refractivity contribution in [3.63, 3.8) is 0 Å². The van der Waals surface area contributed by atoms with Crippen LogP contribution in [0.1, 0.15) is 30.5 Å². The Balaban J connectivity index is 1.64. The second-order valence-electron chi connectivity index (χ2n) is 7.36. The van der Waals surface area contributed by atoms with E-state index in [4.69, 9.17) is 0 Å². The monoisotopic (exact) mass is 433 g/mol. The molecule has 2 aromatic carbocycles. The molecule has 1 fully saturated rings. The summed E-state index contributed by atoms with van der Waals surface area (Å²) in [6.45, 7) is 1.75. The van der Waals surface area contributed by atoms with Crippen molar-refractivity contribution in [2.45, 2.75) is 32.1 Å². The minimum Gasteiger partial charge on any atom is -0.344 e. The summed E-state index contributed by atoms with van der Waals surface area (Å²) in [4.78, 5) is 38.0. The van der Waals surface area contributed by atoms with Gasteiger partial charge in [-0.05, 0) is 24.1 Å². The maximum absolute atomic E-state index is 12.8. The van der Waals surface area contributed by atoms with Crippen LogP contribution in [0.5, 0.6) is 0 Å². The van der Waals surface area contributed by atoms with Crippen molar-refractivity contribution >= 4 is 23.4 Å². The minimum atomic E-state index is -4.98. The van der Waals surface area contributed by atoms with E-state index in [2.05, 4.69) is 5.32 Å². The first-order valence-corrected chi connectivity index (χ1v) is 9.75. The van der Waals surface area contributed by atoms with Gasteiger partial charge in [-0.25, -0.2) is 0 Å². The van der Waals surface area contributed by atoms with Gasteiger partial charge in [-0.2, -0.15) is 13.2 Å². The van der Waals surface area contributed by atoms with Gasteiger partial charge >= 0.3 is 12.1 Å². The molecule has 164 valence electrons. The number of hydrogen-bond donors (Lipinski definition) is 2. The molecule has 2 aromatic rings. The summed E-state index contributed by atoms with van der Waals surface area (Å²) in [5, 5.41) is 4.48. The zero-order valence-electron chi connectivity index (χ0n) is 16.8. The highest BCUT2D eigenvalue weighted by molar-refractivity contribution is 5.97. The van der Waals surface area contributed by atoms with E-state index in [1.54, 1.807) is 22.3 Å². The van der Waals surface area contributed by atoms with Gasteiger partial charge in [0.15, 0.2) is 0 Å². The number of amides is 3. The molecule has 31 heavy (non-hydrogen) atoms. The number of nitrogens with zero attached hydrogens (tertiary/aromatic N) is 1. The van der Waals surface area contributed by atoms with Crippen molar-refractivity contribution in [3.05, 3.63) is 65.7 Å². The molecule has 0 aliphatic carbocycles. The first-order valence-electron chi connectivity index (χ1n) is 9.75.